The van der Waals surface area contributed by atoms with Crippen LogP contribution in [0.2, 0.25) is 0 Å². The van der Waals surface area contributed by atoms with Gasteiger partial charge in [0.1, 0.15) is 12.9 Å². The van der Waals surface area contributed by atoms with Gasteiger partial charge >= 0.3 is 0 Å². The number of nitrogens with two attached hydrogens (primary N) is 1. The third kappa shape index (κ3) is 3.05. The Bertz CT molecular complexity index is 893. The van der Waals surface area contributed by atoms with Gasteiger partial charge in [-0.05, 0) is 6.07 Å². The zero-order valence-corrected chi connectivity index (χ0v) is 13.1. The molecular formula is C15H15N5O4. The van der Waals surface area contributed by atoms with Crippen LogP contribution in [0.15, 0.2) is 30.9 Å². The minimum Gasteiger partial charge on any atom is -0.493 e. The van der Waals surface area contributed by atoms with Gasteiger partial charge in [-0.1, -0.05) is 0 Å². The van der Waals surface area contributed by atoms with Crippen LogP contribution in [0.1, 0.15) is 0 Å². The molecule has 3 aromatic rings. The van der Waals surface area contributed by atoms with Crippen LogP contribution in [0.25, 0.3) is 10.9 Å². The lowest BCUT2D eigenvalue weighted by Crippen LogP contribution is -2.18. The van der Waals surface area contributed by atoms with E-state index in [4.69, 9.17) is 19.9 Å². The van der Waals surface area contributed by atoms with Crippen molar-refractivity contribution in [2.24, 2.45) is 5.73 Å². The van der Waals surface area contributed by atoms with E-state index in [1.807, 2.05) is 0 Å². The molecule has 24 heavy (non-hydrogen) atoms. The fourth-order valence-corrected chi connectivity index (χ4v) is 2.20. The largest absolute Gasteiger partial charge is 0.493 e. The van der Waals surface area contributed by atoms with Crippen molar-refractivity contribution >= 4 is 16.8 Å². The number of benzene rings is 1. The van der Waals surface area contributed by atoms with Crippen LogP contribution >= 0.6 is 0 Å². The first kappa shape index (κ1) is 15.5. The van der Waals surface area contributed by atoms with E-state index >= 15 is 0 Å². The molecule has 0 fully saturated rings. The van der Waals surface area contributed by atoms with Crippen LogP contribution in [-0.4, -0.2) is 39.9 Å². The van der Waals surface area contributed by atoms with Gasteiger partial charge in [-0.2, -0.15) is 5.10 Å². The lowest BCUT2D eigenvalue weighted by Gasteiger charge is -2.10. The third-order valence-corrected chi connectivity index (χ3v) is 3.25. The van der Waals surface area contributed by atoms with Crippen molar-refractivity contribution in [1.82, 2.24) is 19.7 Å². The Balaban J connectivity index is 1.97. The van der Waals surface area contributed by atoms with Crippen molar-refractivity contribution in [3.63, 3.8) is 0 Å². The molecule has 1 amide bonds. The molecule has 0 bridgehead atoms. The molecule has 0 aliphatic carbocycles. The van der Waals surface area contributed by atoms with Gasteiger partial charge in [0.15, 0.2) is 17.2 Å². The lowest BCUT2D eigenvalue weighted by atomic mass is 10.2. The number of methoxy groups -OCH3 is 2. The monoisotopic (exact) mass is 329 g/mol. The molecule has 0 spiro atoms. The Morgan fingerprint density at radius 3 is 2.67 bits per heavy atom. The zero-order chi connectivity index (χ0) is 17.1. The molecule has 1 aromatic carbocycles. The van der Waals surface area contributed by atoms with Crippen LogP contribution in [0, 0.1) is 0 Å². The number of aromatic nitrogens is 4. The van der Waals surface area contributed by atoms with Crippen molar-refractivity contribution < 1.29 is 19.0 Å². The van der Waals surface area contributed by atoms with E-state index in [2.05, 4.69) is 15.1 Å². The second kappa shape index (κ2) is 6.41. The van der Waals surface area contributed by atoms with Gasteiger partial charge in [-0.25, -0.2) is 9.97 Å². The first-order valence-electron chi connectivity index (χ1n) is 6.96. The van der Waals surface area contributed by atoms with Crippen LogP contribution in [0.4, 0.5) is 0 Å². The topological polar surface area (TPSA) is 114 Å². The van der Waals surface area contributed by atoms with Gasteiger partial charge in [0.05, 0.1) is 37.5 Å². The van der Waals surface area contributed by atoms with E-state index in [1.165, 1.54) is 17.2 Å². The summed E-state index contributed by atoms with van der Waals surface area (Å²) in [7, 11) is 3.09. The fraction of sp³-hybridized carbons (Fsp3) is 0.200. The number of carbonyl (C=O) groups is 1. The normalized spacial score (nSPS) is 10.6. The maximum absolute atomic E-state index is 10.9. The Morgan fingerprint density at radius 1 is 1.21 bits per heavy atom. The Morgan fingerprint density at radius 2 is 1.96 bits per heavy atom. The molecule has 9 nitrogen and oxygen atoms in total. The van der Waals surface area contributed by atoms with Crippen LogP contribution in [-0.2, 0) is 11.3 Å². The van der Waals surface area contributed by atoms with Gasteiger partial charge < -0.3 is 19.9 Å². The van der Waals surface area contributed by atoms with Gasteiger partial charge in [0, 0.05) is 6.07 Å². The summed E-state index contributed by atoms with van der Waals surface area (Å²) in [6, 6.07) is 3.47. The minimum absolute atomic E-state index is 0.0289. The molecule has 0 radical (unpaired) electrons. The molecule has 2 heterocycles. The number of carbonyl (C=O) groups excluding carboxylic acids is 1. The summed E-state index contributed by atoms with van der Waals surface area (Å²) in [5.41, 5.74) is 5.77. The average Bonchev–Trinajstić information content (AvgIpc) is 3.00. The summed E-state index contributed by atoms with van der Waals surface area (Å²) >= 11 is 0. The Hall–Kier alpha value is -3.36. The predicted octanol–water partition coefficient (Wildman–Crippen LogP) is 1.12. The van der Waals surface area contributed by atoms with Crippen LogP contribution < -0.4 is 19.9 Å². The van der Waals surface area contributed by atoms with Crippen LogP contribution in [0.5, 0.6) is 23.1 Å². The summed E-state index contributed by atoms with van der Waals surface area (Å²) in [6.45, 7) is -0.0289. The standard InChI is InChI=1S/C15H15N5O4/c1-22-12-3-10-11(4-13(12)23-2)17-8-18-15(10)24-9-5-19-20(6-9)7-14(16)21/h3-6,8H,7H2,1-2H3,(H2,16,21). The maximum Gasteiger partial charge on any atom is 0.239 e. The Labute approximate surface area is 137 Å². The van der Waals surface area contributed by atoms with E-state index in [0.29, 0.717) is 34.0 Å². The number of ether oxygens (including phenoxy) is 3. The number of hydrogen-bond donors (Lipinski definition) is 1. The number of primary amides is 1. The van der Waals surface area contributed by atoms with Crippen molar-refractivity contribution in [3.05, 3.63) is 30.9 Å². The smallest absolute Gasteiger partial charge is 0.239 e. The maximum atomic E-state index is 10.9. The first-order valence-corrected chi connectivity index (χ1v) is 6.96. The number of rotatable bonds is 6. The molecule has 2 aromatic heterocycles. The summed E-state index contributed by atoms with van der Waals surface area (Å²) in [5, 5.41) is 4.65. The van der Waals surface area contributed by atoms with E-state index in [1.54, 1.807) is 32.5 Å². The number of nitrogens with zero attached hydrogens (tertiary/aromatic N) is 4. The van der Waals surface area contributed by atoms with Gasteiger partial charge in [0.25, 0.3) is 0 Å². The molecule has 9 heteroatoms. The summed E-state index contributed by atoms with van der Waals surface area (Å²) in [4.78, 5) is 19.3. The van der Waals surface area contributed by atoms with Gasteiger partial charge in [-0.3, -0.25) is 9.48 Å². The van der Waals surface area contributed by atoms with E-state index < -0.39 is 5.91 Å². The second-order valence-electron chi connectivity index (χ2n) is 4.85. The Kier molecular flexibility index (Phi) is 4.15. The number of amides is 1. The molecular weight excluding hydrogens is 314 g/mol. The second-order valence-corrected chi connectivity index (χ2v) is 4.85. The minimum atomic E-state index is -0.492. The highest BCUT2D eigenvalue weighted by atomic mass is 16.5. The molecule has 3 rings (SSSR count). The summed E-state index contributed by atoms with van der Waals surface area (Å²) in [6.07, 6.45) is 4.41. The van der Waals surface area contributed by atoms with Gasteiger partial charge in [0.2, 0.25) is 11.8 Å². The van der Waals surface area contributed by atoms with E-state index in [0.717, 1.165) is 0 Å². The predicted molar refractivity (Wildman–Crippen MR) is 84.1 cm³/mol. The molecule has 0 atom stereocenters. The molecule has 0 unspecified atom stereocenters. The number of fused-ring (bicyclic) bond motifs is 1. The van der Waals surface area contributed by atoms with E-state index in [-0.39, 0.29) is 6.54 Å². The molecule has 0 saturated carbocycles. The highest BCUT2D eigenvalue weighted by molar-refractivity contribution is 5.87. The van der Waals surface area contributed by atoms with E-state index in [9.17, 15) is 4.79 Å². The highest BCUT2D eigenvalue weighted by Crippen LogP contribution is 2.35. The number of hydrogen-bond acceptors (Lipinski definition) is 7. The SMILES string of the molecule is COc1cc2ncnc(Oc3cnn(CC(N)=O)c3)c2cc1OC. The molecule has 0 aliphatic heterocycles. The van der Waals surface area contributed by atoms with Crippen molar-refractivity contribution in [3.8, 4) is 23.1 Å². The average molecular weight is 329 g/mol. The molecule has 124 valence electrons. The van der Waals surface area contributed by atoms with Crippen molar-refractivity contribution in [1.29, 1.82) is 0 Å². The fourth-order valence-electron chi connectivity index (χ4n) is 2.20. The molecule has 0 aliphatic rings. The van der Waals surface area contributed by atoms with Crippen molar-refractivity contribution in [2.45, 2.75) is 6.54 Å². The van der Waals surface area contributed by atoms with Crippen molar-refractivity contribution in [2.75, 3.05) is 14.2 Å². The summed E-state index contributed by atoms with van der Waals surface area (Å²) in [5.74, 6) is 1.36. The molecule has 0 saturated heterocycles. The van der Waals surface area contributed by atoms with Gasteiger partial charge in [-0.15, -0.1) is 0 Å². The highest BCUT2D eigenvalue weighted by Gasteiger charge is 2.13. The van der Waals surface area contributed by atoms with Crippen LogP contribution in [0.3, 0.4) is 0 Å². The lowest BCUT2D eigenvalue weighted by molar-refractivity contribution is -0.118. The first-order chi connectivity index (χ1) is 11.6. The molecule has 2 N–H and O–H groups in total. The third-order valence-electron chi connectivity index (χ3n) is 3.25. The summed E-state index contributed by atoms with van der Waals surface area (Å²) < 4.78 is 17.7. The quantitative estimate of drug-likeness (QED) is 0.720. The zero-order valence-electron chi connectivity index (χ0n) is 13.1.